The van der Waals surface area contributed by atoms with Crippen LogP contribution in [0.3, 0.4) is 0 Å². The summed E-state index contributed by atoms with van der Waals surface area (Å²) in [6.07, 6.45) is 0.203. The number of amides is 2. The van der Waals surface area contributed by atoms with Crippen molar-refractivity contribution in [3.05, 3.63) is 65.2 Å². The third-order valence-corrected chi connectivity index (χ3v) is 7.95. The molecular weight excluding hydrogens is 438 g/mol. The van der Waals surface area contributed by atoms with Crippen LogP contribution in [-0.2, 0) is 26.2 Å². The van der Waals surface area contributed by atoms with Gasteiger partial charge in [0.25, 0.3) is 0 Å². The van der Waals surface area contributed by atoms with Gasteiger partial charge in [0.15, 0.2) is 0 Å². The first-order chi connectivity index (χ1) is 14.8. The van der Waals surface area contributed by atoms with Gasteiger partial charge in [-0.05, 0) is 29.8 Å². The Hall–Kier alpha value is -2.42. The highest BCUT2D eigenvalue weighted by molar-refractivity contribution is 7.89. The molecule has 0 bridgehead atoms. The number of rotatable bonds is 5. The minimum absolute atomic E-state index is 0.0221. The van der Waals surface area contributed by atoms with Crippen LogP contribution < -0.4 is 0 Å². The molecule has 2 heterocycles. The molecule has 2 aliphatic heterocycles. The van der Waals surface area contributed by atoms with E-state index in [2.05, 4.69) is 0 Å². The molecule has 2 amide bonds. The van der Waals surface area contributed by atoms with Crippen molar-refractivity contribution in [2.24, 2.45) is 5.92 Å². The molecule has 4 rings (SSSR count). The summed E-state index contributed by atoms with van der Waals surface area (Å²) in [5, 5.41) is 0.474. The zero-order valence-electron chi connectivity index (χ0n) is 17.0. The Morgan fingerprint density at radius 2 is 1.61 bits per heavy atom. The third kappa shape index (κ3) is 4.76. The second kappa shape index (κ2) is 8.98. The van der Waals surface area contributed by atoms with Crippen molar-refractivity contribution in [1.29, 1.82) is 0 Å². The molecule has 2 fully saturated rings. The Bertz CT molecular complexity index is 1050. The van der Waals surface area contributed by atoms with Crippen molar-refractivity contribution >= 4 is 33.4 Å². The van der Waals surface area contributed by atoms with Gasteiger partial charge in [-0.25, -0.2) is 8.42 Å². The number of nitrogens with zero attached hydrogens (tertiary/aromatic N) is 3. The molecule has 164 valence electrons. The molecule has 2 saturated heterocycles. The summed E-state index contributed by atoms with van der Waals surface area (Å²) in [4.78, 5) is 29.0. The minimum atomic E-state index is -3.62. The Morgan fingerprint density at radius 1 is 0.968 bits per heavy atom. The highest BCUT2D eigenvalue weighted by Crippen LogP contribution is 2.24. The van der Waals surface area contributed by atoms with Crippen LogP contribution in [0.5, 0.6) is 0 Å². The highest BCUT2D eigenvalue weighted by Gasteiger charge is 2.38. The van der Waals surface area contributed by atoms with E-state index < -0.39 is 10.0 Å². The molecule has 0 radical (unpaired) electrons. The average molecular weight is 462 g/mol. The lowest BCUT2D eigenvalue weighted by molar-refractivity contribution is -0.137. The number of halogens is 1. The lowest BCUT2D eigenvalue weighted by Gasteiger charge is -2.35. The van der Waals surface area contributed by atoms with E-state index in [0.29, 0.717) is 31.2 Å². The van der Waals surface area contributed by atoms with E-state index in [-0.39, 0.29) is 42.1 Å². The molecule has 0 spiro atoms. The van der Waals surface area contributed by atoms with Crippen LogP contribution in [0.1, 0.15) is 12.0 Å². The molecule has 2 aromatic carbocycles. The highest BCUT2D eigenvalue weighted by atomic mass is 35.5. The van der Waals surface area contributed by atoms with Crippen LogP contribution in [0.25, 0.3) is 0 Å². The zero-order valence-corrected chi connectivity index (χ0v) is 18.6. The number of hydrogen-bond acceptors (Lipinski definition) is 4. The monoisotopic (exact) mass is 461 g/mol. The maximum atomic E-state index is 13.0. The van der Waals surface area contributed by atoms with Crippen molar-refractivity contribution in [3.8, 4) is 0 Å². The SMILES string of the molecule is O=C1CC(C(=O)N2CCN(S(=O)(=O)c3ccc(Cl)cc3)CC2)CN1Cc1ccccc1. The van der Waals surface area contributed by atoms with E-state index in [1.165, 1.54) is 16.4 Å². The van der Waals surface area contributed by atoms with Crippen molar-refractivity contribution < 1.29 is 18.0 Å². The number of sulfonamides is 1. The van der Waals surface area contributed by atoms with Gasteiger partial charge in [-0.15, -0.1) is 0 Å². The maximum absolute atomic E-state index is 13.0. The fraction of sp³-hybridized carbons (Fsp3) is 0.364. The van der Waals surface area contributed by atoms with Gasteiger partial charge in [0.2, 0.25) is 21.8 Å². The van der Waals surface area contributed by atoms with Crippen molar-refractivity contribution in [3.63, 3.8) is 0 Å². The van der Waals surface area contributed by atoms with Crippen LogP contribution in [0, 0.1) is 5.92 Å². The normalized spacial score (nSPS) is 20.3. The van der Waals surface area contributed by atoms with Gasteiger partial charge < -0.3 is 9.80 Å². The molecule has 1 unspecified atom stereocenters. The summed E-state index contributed by atoms with van der Waals surface area (Å²) in [6.45, 7) is 1.98. The Balaban J connectivity index is 1.34. The molecule has 2 aromatic rings. The second-order valence-corrected chi connectivity index (χ2v) is 10.2. The topological polar surface area (TPSA) is 78.0 Å². The van der Waals surface area contributed by atoms with Gasteiger partial charge in [-0.2, -0.15) is 4.31 Å². The Labute approximate surface area is 187 Å². The molecule has 31 heavy (non-hydrogen) atoms. The smallest absolute Gasteiger partial charge is 0.243 e. The van der Waals surface area contributed by atoms with Gasteiger partial charge in [0.1, 0.15) is 0 Å². The summed E-state index contributed by atoms with van der Waals surface area (Å²) in [5.41, 5.74) is 1.03. The molecule has 7 nitrogen and oxygen atoms in total. The summed E-state index contributed by atoms with van der Waals surface area (Å²) in [5.74, 6) is -0.478. The van der Waals surface area contributed by atoms with E-state index in [1.807, 2.05) is 30.3 Å². The standard InChI is InChI=1S/C22H24ClN3O4S/c23-19-6-8-20(9-7-19)31(29,30)26-12-10-24(11-13-26)22(28)18-14-21(27)25(16-18)15-17-4-2-1-3-5-17/h1-9,18H,10-16H2. The lowest BCUT2D eigenvalue weighted by Crippen LogP contribution is -2.52. The summed E-state index contributed by atoms with van der Waals surface area (Å²) in [6, 6.07) is 15.8. The van der Waals surface area contributed by atoms with Crippen LogP contribution in [0.4, 0.5) is 0 Å². The van der Waals surface area contributed by atoms with E-state index >= 15 is 0 Å². The van der Waals surface area contributed by atoms with Gasteiger partial charge in [-0.3, -0.25) is 9.59 Å². The first kappa shape index (κ1) is 21.8. The lowest BCUT2D eigenvalue weighted by atomic mass is 10.1. The van der Waals surface area contributed by atoms with Gasteiger partial charge in [0, 0.05) is 50.7 Å². The summed E-state index contributed by atoms with van der Waals surface area (Å²) in [7, 11) is -3.62. The van der Waals surface area contributed by atoms with Crippen molar-refractivity contribution in [2.45, 2.75) is 17.9 Å². The number of carbonyl (C=O) groups excluding carboxylic acids is 2. The van der Waals surface area contributed by atoms with E-state index in [1.54, 1.807) is 21.9 Å². The Morgan fingerprint density at radius 3 is 2.26 bits per heavy atom. The molecule has 0 N–H and O–H groups in total. The fourth-order valence-corrected chi connectivity index (χ4v) is 5.61. The third-order valence-electron chi connectivity index (χ3n) is 5.78. The predicted molar refractivity (Wildman–Crippen MR) is 117 cm³/mol. The number of piperazine rings is 1. The van der Waals surface area contributed by atoms with E-state index in [0.717, 1.165) is 5.56 Å². The van der Waals surface area contributed by atoms with Crippen LogP contribution in [0.15, 0.2) is 59.5 Å². The number of likely N-dealkylation sites (tertiary alicyclic amines) is 1. The largest absolute Gasteiger partial charge is 0.340 e. The Kier molecular flexibility index (Phi) is 6.31. The van der Waals surface area contributed by atoms with Crippen molar-refractivity contribution in [2.75, 3.05) is 32.7 Å². The number of carbonyl (C=O) groups is 2. The van der Waals surface area contributed by atoms with Crippen LogP contribution in [0.2, 0.25) is 5.02 Å². The van der Waals surface area contributed by atoms with Crippen LogP contribution in [-0.4, -0.2) is 67.1 Å². The number of benzene rings is 2. The van der Waals surface area contributed by atoms with E-state index in [4.69, 9.17) is 11.6 Å². The van der Waals surface area contributed by atoms with Crippen molar-refractivity contribution in [1.82, 2.24) is 14.1 Å². The summed E-state index contributed by atoms with van der Waals surface area (Å²) >= 11 is 5.85. The predicted octanol–water partition coefficient (Wildman–Crippen LogP) is 2.22. The van der Waals surface area contributed by atoms with Gasteiger partial charge >= 0.3 is 0 Å². The summed E-state index contributed by atoms with van der Waals surface area (Å²) < 4.78 is 27.0. The maximum Gasteiger partial charge on any atom is 0.243 e. The quantitative estimate of drug-likeness (QED) is 0.684. The number of hydrogen-bond donors (Lipinski definition) is 0. The first-order valence-corrected chi connectivity index (χ1v) is 12.0. The minimum Gasteiger partial charge on any atom is -0.340 e. The van der Waals surface area contributed by atoms with Gasteiger partial charge in [0.05, 0.1) is 10.8 Å². The molecule has 9 heteroatoms. The zero-order chi connectivity index (χ0) is 22.0. The van der Waals surface area contributed by atoms with Crippen LogP contribution >= 0.6 is 11.6 Å². The fourth-order valence-electron chi connectivity index (χ4n) is 4.06. The first-order valence-electron chi connectivity index (χ1n) is 10.2. The molecule has 1 atom stereocenters. The molecule has 0 aliphatic carbocycles. The molecular formula is C22H24ClN3O4S. The van der Waals surface area contributed by atoms with E-state index in [9.17, 15) is 18.0 Å². The second-order valence-electron chi connectivity index (χ2n) is 7.84. The molecule has 0 aromatic heterocycles. The molecule has 0 saturated carbocycles. The molecule has 2 aliphatic rings. The van der Waals surface area contributed by atoms with Gasteiger partial charge in [-0.1, -0.05) is 41.9 Å². The average Bonchev–Trinajstić information content (AvgIpc) is 3.14.